The third-order valence-electron chi connectivity index (χ3n) is 4.66. The van der Waals surface area contributed by atoms with E-state index in [2.05, 4.69) is 10.3 Å². The van der Waals surface area contributed by atoms with Gasteiger partial charge in [-0.3, -0.25) is 4.79 Å². The highest BCUT2D eigenvalue weighted by Gasteiger charge is 2.16. The molecule has 1 N–H and O–H groups in total. The summed E-state index contributed by atoms with van der Waals surface area (Å²) < 4.78 is 20.8. The highest BCUT2D eigenvalue weighted by Crippen LogP contribution is 2.20. The molecule has 6 heteroatoms. The number of nitrogens with one attached hydrogen (secondary N) is 1. The lowest BCUT2D eigenvalue weighted by Crippen LogP contribution is -2.30. The molecule has 2 heterocycles. The van der Waals surface area contributed by atoms with Crippen molar-refractivity contribution in [2.45, 2.75) is 19.5 Å². The van der Waals surface area contributed by atoms with Crippen molar-refractivity contribution in [2.24, 2.45) is 0 Å². The van der Waals surface area contributed by atoms with E-state index in [1.165, 1.54) is 18.2 Å². The average molecular weight is 389 g/mol. The number of nitrogens with zero attached hydrogens (tertiary/aromatic N) is 2. The molecule has 0 spiro atoms. The first-order chi connectivity index (χ1) is 14.1. The zero-order valence-corrected chi connectivity index (χ0v) is 15.9. The van der Waals surface area contributed by atoms with E-state index in [1.54, 1.807) is 30.6 Å². The molecule has 4 aromatic rings. The maximum absolute atomic E-state index is 13.4. The van der Waals surface area contributed by atoms with Gasteiger partial charge in [-0.2, -0.15) is 0 Å². The van der Waals surface area contributed by atoms with E-state index in [-0.39, 0.29) is 17.8 Å². The van der Waals surface area contributed by atoms with Gasteiger partial charge in [-0.15, -0.1) is 0 Å². The van der Waals surface area contributed by atoms with Crippen molar-refractivity contribution in [3.8, 4) is 0 Å². The molecule has 4 rings (SSSR count). The maximum atomic E-state index is 13.4. The molecule has 2 aromatic carbocycles. The zero-order chi connectivity index (χ0) is 20.2. The Morgan fingerprint density at radius 2 is 1.97 bits per heavy atom. The number of hydrogen-bond acceptors (Lipinski definition) is 3. The topological polar surface area (TPSA) is 60.1 Å². The minimum absolute atomic E-state index is 0.266. The van der Waals surface area contributed by atoms with Crippen LogP contribution in [-0.4, -0.2) is 15.5 Å². The predicted molar refractivity (Wildman–Crippen MR) is 109 cm³/mol. The molecular weight excluding hydrogens is 369 g/mol. The van der Waals surface area contributed by atoms with Gasteiger partial charge in [-0.05, 0) is 55.0 Å². The SMILES string of the molecule is Cc1ccc(/C=C/C(=O)NC(Cn2cnc3ccccc32)c2ccc(F)cc2)o1. The number of amides is 1. The number of para-hydroxylation sites is 2. The Kier molecular flexibility index (Phi) is 5.24. The van der Waals surface area contributed by atoms with Crippen molar-refractivity contribution in [1.82, 2.24) is 14.9 Å². The highest BCUT2D eigenvalue weighted by atomic mass is 19.1. The average Bonchev–Trinajstić information content (AvgIpc) is 3.33. The molecule has 1 unspecified atom stereocenters. The minimum atomic E-state index is -0.358. The fourth-order valence-corrected chi connectivity index (χ4v) is 3.20. The van der Waals surface area contributed by atoms with Crippen LogP contribution < -0.4 is 5.32 Å². The number of benzene rings is 2. The van der Waals surface area contributed by atoms with Gasteiger partial charge < -0.3 is 14.3 Å². The van der Waals surface area contributed by atoms with E-state index < -0.39 is 0 Å². The summed E-state index contributed by atoms with van der Waals surface area (Å²) in [6, 6.07) is 17.2. The summed E-state index contributed by atoms with van der Waals surface area (Å²) in [5.74, 6) is 0.801. The van der Waals surface area contributed by atoms with Gasteiger partial charge in [0.15, 0.2) is 0 Å². The molecule has 1 amide bonds. The quantitative estimate of drug-likeness (QED) is 0.489. The Hall–Kier alpha value is -3.67. The van der Waals surface area contributed by atoms with Crippen molar-refractivity contribution >= 4 is 23.0 Å². The van der Waals surface area contributed by atoms with E-state index in [0.717, 1.165) is 22.4 Å². The van der Waals surface area contributed by atoms with Gasteiger partial charge in [-0.25, -0.2) is 9.37 Å². The van der Waals surface area contributed by atoms with Crippen LogP contribution in [0.2, 0.25) is 0 Å². The Morgan fingerprint density at radius 3 is 2.72 bits per heavy atom. The summed E-state index contributed by atoms with van der Waals surface area (Å²) in [5.41, 5.74) is 2.65. The van der Waals surface area contributed by atoms with E-state index >= 15 is 0 Å². The number of aromatic nitrogens is 2. The molecule has 0 bridgehead atoms. The molecule has 146 valence electrons. The lowest BCUT2D eigenvalue weighted by atomic mass is 10.1. The molecule has 29 heavy (non-hydrogen) atoms. The van der Waals surface area contributed by atoms with E-state index in [9.17, 15) is 9.18 Å². The third-order valence-corrected chi connectivity index (χ3v) is 4.66. The zero-order valence-electron chi connectivity index (χ0n) is 15.9. The summed E-state index contributed by atoms with van der Waals surface area (Å²) in [6.45, 7) is 2.31. The van der Waals surface area contributed by atoms with Crippen molar-refractivity contribution in [3.05, 3.63) is 96.0 Å². The summed E-state index contributed by atoms with van der Waals surface area (Å²) in [6.07, 6.45) is 4.80. The van der Waals surface area contributed by atoms with Crippen LogP contribution in [0.4, 0.5) is 4.39 Å². The standard InChI is InChI=1S/C23H20FN3O2/c1-16-6-11-19(29-16)12-13-23(28)26-21(17-7-9-18(24)10-8-17)14-27-15-25-20-4-2-3-5-22(20)27/h2-13,15,21H,14H2,1H3,(H,26,28)/b13-12+. The first kappa shape index (κ1) is 18.7. The largest absolute Gasteiger partial charge is 0.462 e. The Morgan fingerprint density at radius 1 is 1.17 bits per heavy atom. The first-order valence-corrected chi connectivity index (χ1v) is 9.29. The van der Waals surface area contributed by atoms with Gasteiger partial charge >= 0.3 is 0 Å². The molecule has 0 saturated carbocycles. The summed E-state index contributed by atoms with van der Waals surface area (Å²) in [4.78, 5) is 16.9. The lowest BCUT2D eigenvalue weighted by Gasteiger charge is -2.19. The van der Waals surface area contributed by atoms with Crippen molar-refractivity contribution in [1.29, 1.82) is 0 Å². The third kappa shape index (κ3) is 4.43. The van der Waals surface area contributed by atoms with E-state index in [0.29, 0.717) is 12.3 Å². The second-order valence-corrected chi connectivity index (χ2v) is 6.78. The number of aryl methyl sites for hydroxylation is 1. The monoisotopic (exact) mass is 389 g/mol. The number of halogens is 1. The molecule has 2 aromatic heterocycles. The van der Waals surface area contributed by atoms with Gasteiger partial charge in [0.25, 0.3) is 0 Å². The number of furan rings is 1. The Bertz CT molecular complexity index is 1160. The van der Waals surface area contributed by atoms with Crippen LogP contribution in [-0.2, 0) is 11.3 Å². The van der Waals surface area contributed by atoms with Gasteiger partial charge in [-0.1, -0.05) is 24.3 Å². The van der Waals surface area contributed by atoms with Gasteiger partial charge in [0.05, 0.1) is 23.4 Å². The van der Waals surface area contributed by atoms with Crippen LogP contribution >= 0.6 is 0 Å². The Labute approximate surface area is 167 Å². The molecule has 0 aliphatic carbocycles. The van der Waals surface area contributed by atoms with Crippen molar-refractivity contribution in [2.75, 3.05) is 0 Å². The number of carbonyl (C=O) groups excluding carboxylic acids is 1. The molecule has 0 saturated heterocycles. The fourth-order valence-electron chi connectivity index (χ4n) is 3.20. The molecule has 0 radical (unpaired) electrons. The first-order valence-electron chi connectivity index (χ1n) is 9.29. The van der Waals surface area contributed by atoms with Crippen LogP contribution in [0.1, 0.15) is 23.1 Å². The molecule has 0 aliphatic rings. The normalized spacial score (nSPS) is 12.5. The van der Waals surface area contributed by atoms with Crippen LogP contribution in [0, 0.1) is 12.7 Å². The summed E-state index contributed by atoms with van der Waals surface area (Å²) in [7, 11) is 0. The number of imidazole rings is 1. The van der Waals surface area contributed by atoms with Crippen LogP contribution in [0.15, 0.2) is 77.5 Å². The van der Waals surface area contributed by atoms with Gasteiger partial charge in [0.1, 0.15) is 17.3 Å². The van der Waals surface area contributed by atoms with Crippen molar-refractivity contribution < 1.29 is 13.6 Å². The molecule has 0 aliphatic heterocycles. The van der Waals surface area contributed by atoms with Crippen LogP contribution in [0.5, 0.6) is 0 Å². The second kappa shape index (κ2) is 8.14. The number of hydrogen-bond donors (Lipinski definition) is 1. The molecule has 5 nitrogen and oxygen atoms in total. The predicted octanol–water partition coefficient (Wildman–Crippen LogP) is 4.65. The molecule has 1 atom stereocenters. The lowest BCUT2D eigenvalue weighted by molar-refractivity contribution is -0.117. The van der Waals surface area contributed by atoms with E-state index in [4.69, 9.17) is 4.42 Å². The Balaban J connectivity index is 1.57. The summed E-state index contributed by atoms with van der Waals surface area (Å²) in [5, 5.41) is 2.99. The second-order valence-electron chi connectivity index (χ2n) is 6.78. The van der Waals surface area contributed by atoms with Crippen molar-refractivity contribution in [3.63, 3.8) is 0 Å². The minimum Gasteiger partial charge on any atom is -0.462 e. The highest BCUT2D eigenvalue weighted by molar-refractivity contribution is 5.91. The number of carbonyl (C=O) groups is 1. The van der Waals surface area contributed by atoms with E-state index in [1.807, 2.05) is 41.8 Å². The van der Waals surface area contributed by atoms with Crippen LogP contribution in [0.25, 0.3) is 17.1 Å². The molecular formula is C23H20FN3O2. The summed E-state index contributed by atoms with van der Waals surface area (Å²) >= 11 is 0. The number of fused-ring (bicyclic) bond motifs is 1. The molecule has 0 fully saturated rings. The maximum Gasteiger partial charge on any atom is 0.244 e. The number of rotatable bonds is 6. The van der Waals surface area contributed by atoms with Crippen LogP contribution in [0.3, 0.4) is 0 Å². The van der Waals surface area contributed by atoms with Gasteiger partial charge in [0, 0.05) is 12.6 Å². The fraction of sp³-hybridized carbons (Fsp3) is 0.130. The smallest absolute Gasteiger partial charge is 0.244 e. The van der Waals surface area contributed by atoms with Gasteiger partial charge in [0.2, 0.25) is 5.91 Å².